The van der Waals surface area contributed by atoms with Gasteiger partial charge in [0.25, 0.3) is 0 Å². The Morgan fingerprint density at radius 1 is 1.25 bits per heavy atom. The van der Waals surface area contributed by atoms with Crippen molar-refractivity contribution in [3.8, 4) is 5.75 Å². The van der Waals surface area contributed by atoms with Gasteiger partial charge in [0.2, 0.25) is 5.91 Å². The molecule has 6 heteroatoms. The van der Waals surface area contributed by atoms with E-state index in [1.165, 1.54) is 12.1 Å². The highest BCUT2D eigenvalue weighted by Gasteiger charge is 2.29. The van der Waals surface area contributed by atoms with Crippen LogP contribution in [0.15, 0.2) is 42.5 Å². The lowest BCUT2D eigenvalue weighted by molar-refractivity contribution is -0.128. The molecule has 3 rings (SSSR count). The number of carbonyl (C=O) groups excluding carboxylic acids is 1. The number of halogens is 1. The first-order chi connectivity index (χ1) is 13.6. The Kier molecular flexibility index (Phi) is 7.01. The van der Waals surface area contributed by atoms with Crippen molar-refractivity contribution in [2.24, 2.45) is 0 Å². The van der Waals surface area contributed by atoms with Crippen molar-refractivity contribution < 1.29 is 18.7 Å². The molecule has 150 valence electrons. The first kappa shape index (κ1) is 20.3. The Bertz CT molecular complexity index is 806. The molecule has 1 unspecified atom stereocenters. The lowest BCUT2D eigenvalue weighted by Crippen LogP contribution is -2.46. The van der Waals surface area contributed by atoms with Gasteiger partial charge in [0.15, 0.2) is 0 Å². The fourth-order valence-corrected chi connectivity index (χ4v) is 3.56. The number of nitrogens with zero attached hydrogens (tertiary/aromatic N) is 1. The van der Waals surface area contributed by atoms with Crippen molar-refractivity contribution in [1.29, 1.82) is 0 Å². The molecule has 0 bridgehead atoms. The summed E-state index contributed by atoms with van der Waals surface area (Å²) in [6, 6.07) is 11.7. The number of ether oxygens (including phenoxy) is 2. The van der Waals surface area contributed by atoms with Crippen molar-refractivity contribution in [1.82, 2.24) is 10.2 Å². The smallest absolute Gasteiger partial charge is 0.241 e. The second kappa shape index (κ2) is 9.66. The minimum Gasteiger partial charge on any atom is -0.496 e. The number of hydrogen-bond donors (Lipinski definition) is 1. The summed E-state index contributed by atoms with van der Waals surface area (Å²) in [4.78, 5) is 15.1. The van der Waals surface area contributed by atoms with E-state index >= 15 is 0 Å². The fourth-order valence-electron chi connectivity index (χ4n) is 3.56. The third-order valence-corrected chi connectivity index (χ3v) is 4.95. The van der Waals surface area contributed by atoms with Gasteiger partial charge in [-0.05, 0) is 42.7 Å². The van der Waals surface area contributed by atoms with Crippen LogP contribution in [0.25, 0.3) is 0 Å². The molecule has 1 heterocycles. The topological polar surface area (TPSA) is 50.8 Å². The molecule has 0 aromatic heterocycles. The maximum Gasteiger partial charge on any atom is 0.241 e. The highest BCUT2D eigenvalue weighted by molar-refractivity contribution is 5.83. The van der Waals surface area contributed by atoms with Crippen LogP contribution in [0.1, 0.15) is 22.7 Å². The molecular weight excluding hydrogens is 359 g/mol. The van der Waals surface area contributed by atoms with Gasteiger partial charge in [-0.15, -0.1) is 0 Å². The van der Waals surface area contributed by atoms with Crippen LogP contribution in [0.4, 0.5) is 4.39 Å². The minimum absolute atomic E-state index is 0.126. The van der Waals surface area contributed by atoms with E-state index in [1.807, 2.05) is 24.0 Å². The summed E-state index contributed by atoms with van der Waals surface area (Å²) in [7, 11) is 1.64. The van der Waals surface area contributed by atoms with E-state index in [2.05, 4.69) is 11.4 Å². The van der Waals surface area contributed by atoms with E-state index in [4.69, 9.17) is 9.47 Å². The van der Waals surface area contributed by atoms with E-state index in [-0.39, 0.29) is 11.7 Å². The van der Waals surface area contributed by atoms with Gasteiger partial charge in [0.1, 0.15) is 17.6 Å². The third kappa shape index (κ3) is 5.09. The number of hydrogen-bond acceptors (Lipinski definition) is 4. The zero-order chi connectivity index (χ0) is 19.9. The first-order valence-corrected chi connectivity index (χ1v) is 9.57. The molecule has 0 radical (unpaired) electrons. The van der Waals surface area contributed by atoms with E-state index in [9.17, 15) is 9.18 Å². The van der Waals surface area contributed by atoms with Crippen LogP contribution in [0.3, 0.4) is 0 Å². The lowest BCUT2D eigenvalue weighted by atomic mass is 10.0. The van der Waals surface area contributed by atoms with Gasteiger partial charge in [0, 0.05) is 19.6 Å². The van der Waals surface area contributed by atoms with Gasteiger partial charge in [0.05, 0.1) is 20.3 Å². The monoisotopic (exact) mass is 386 g/mol. The quantitative estimate of drug-likeness (QED) is 0.795. The molecule has 2 aromatic carbocycles. The molecule has 1 N–H and O–H groups in total. The first-order valence-electron chi connectivity index (χ1n) is 9.57. The molecule has 5 nitrogen and oxygen atoms in total. The number of carbonyl (C=O) groups is 1. The maximum atomic E-state index is 13.8. The highest BCUT2D eigenvalue weighted by atomic mass is 19.1. The van der Waals surface area contributed by atoms with E-state index in [0.29, 0.717) is 44.8 Å². The number of benzene rings is 2. The predicted octanol–water partition coefficient (Wildman–Crippen LogP) is 2.87. The number of methoxy groups -OCH3 is 1. The summed E-state index contributed by atoms with van der Waals surface area (Å²) in [6.07, 6.45) is 0.662. The summed E-state index contributed by atoms with van der Waals surface area (Å²) < 4.78 is 24.6. The Hall–Kier alpha value is -2.44. The number of aryl methyl sites for hydroxylation is 1. The number of amides is 1. The summed E-state index contributed by atoms with van der Waals surface area (Å²) in [6.45, 7) is 4.93. The molecule has 1 fully saturated rings. The Balaban J connectivity index is 1.70. The van der Waals surface area contributed by atoms with Crippen LogP contribution in [0.5, 0.6) is 5.75 Å². The minimum atomic E-state index is -0.529. The maximum absolute atomic E-state index is 13.8. The summed E-state index contributed by atoms with van der Waals surface area (Å²) in [5.74, 6) is 0.349. The largest absolute Gasteiger partial charge is 0.496 e. The molecule has 0 saturated carbocycles. The fraction of sp³-hybridized carbons (Fsp3) is 0.409. The van der Waals surface area contributed by atoms with Crippen molar-refractivity contribution >= 4 is 5.91 Å². The molecule has 2 aromatic rings. The Labute approximate surface area is 165 Å². The highest BCUT2D eigenvalue weighted by Crippen LogP contribution is 2.24. The number of morpholine rings is 1. The van der Waals surface area contributed by atoms with Crippen molar-refractivity contribution in [2.75, 3.05) is 40.0 Å². The van der Waals surface area contributed by atoms with Crippen LogP contribution in [-0.4, -0.2) is 50.8 Å². The van der Waals surface area contributed by atoms with Crippen molar-refractivity contribution in [3.63, 3.8) is 0 Å². The second-order valence-corrected chi connectivity index (χ2v) is 6.96. The Morgan fingerprint density at radius 3 is 2.75 bits per heavy atom. The van der Waals surface area contributed by atoms with Gasteiger partial charge in [-0.25, -0.2) is 4.39 Å². The zero-order valence-corrected chi connectivity index (χ0v) is 16.4. The van der Waals surface area contributed by atoms with Gasteiger partial charge >= 0.3 is 0 Å². The SMILES string of the molecule is COc1ccc(C)cc1CCNC(=O)C(c1cccc(F)c1)N1CCOCC1. The molecule has 28 heavy (non-hydrogen) atoms. The predicted molar refractivity (Wildman–Crippen MR) is 106 cm³/mol. The standard InChI is InChI=1S/C22H27FN2O3/c1-16-6-7-20(27-2)17(14-16)8-9-24-22(26)21(25-10-12-28-13-11-25)18-4-3-5-19(23)15-18/h3-7,14-15,21H,8-13H2,1-2H3,(H,24,26). The molecule has 1 aliphatic rings. The van der Waals surface area contributed by atoms with Crippen LogP contribution in [0.2, 0.25) is 0 Å². The van der Waals surface area contributed by atoms with E-state index < -0.39 is 6.04 Å². The van der Waals surface area contributed by atoms with Gasteiger partial charge < -0.3 is 14.8 Å². The molecule has 1 aliphatic heterocycles. The van der Waals surface area contributed by atoms with Crippen LogP contribution >= 0.6 is 0 Å². The van der Waals surface area contributed by atoms with Gasteiger partial charge in [-0.3, -0.25) is 9.69 Å². The number of nitrogens with one attached hydrogen (secondary N) is 1. The third-order valence-electron chi connectivity index (χ3n) is 4.95. The summed E-state index contributed by atoms with van der Waals surface area (Å²) >= 11 is 0. The van der Waals surface area contributed by atoms with Gasteiger partial charge in [-0.2, -0.15) is 0 Å². The van der Waals surface area contributed by atoms with E-state index in [1.54, 1.807) is 19.2 Å². The molecular formula is C22H27FN2O3. The average molecular weight is 386 g/mol. The molecule has 1 amide bonds. The summed E-state index contributed by atoms with van der Waals surface area (Å²) in [5, 5.41) is 3.02. The molecule has 0 spiro atoms. The molecule has 1 atom stereocenters. The lowest BCUT2D eigenvalue weighted by Gasteiger charge is -2.33. The van der Waals surface area contributed by atoms with Crippen LogP contribution in [0, 0.1) is 12.7 Å². The molecule has 1 saturated heterocycles. The normalized spacial score (nSPS) is 15.8. The Morgan fingerprint density at radius 2 is 2.04 bits per heavy atom. The summed E-state index contributed by atoms with van der Waals surface area (Å²) in [5.41, 5.74) is 2.86. The van der Waals surface area contributed by atoms with Crippen molar-refractivity contribution in [2.45, 2.75) is 19.4 Å². The van der Waals surface area contributed by atoms with E-state index in [0.717, 1.165) is 16.9 Å². The average Bonchev–Trinajstić information content (AvgIpc) is 2.69. The van der Waals surface area contributed by atoms with Gasteiger partial charge in [-0.1, -0.05) is 29.8 Å². The van der Waals surface area contributed by atoms with Crippen LogP contribution in [-0.2, 0) is 16.0 Å². The van der Waals surface area contributed by atoms with Crippen molar-refractivity contribution in [3.05, 3.63) is 65.0 Å². The number of rotatable bonds is 7. The second-order valence-electron chi connectivity index (χ2n) is 6.96. The molecule has 0 aliphatic carbocycles. The van der Waals surface area contributed by atoms with Crippen LogP contribution < -0.4 is 10.1 Å². The zero-order valence-electron chi connectivity index (χ0n) is 16.4.